The first kappa shape index (κ1) is 13.8. The molecule has 2 rings (SSSR count). The first-order valence-electron chi connectivity index (χ1n) is 6.06. The Morgan fingerprint density at radius 2 is 2.00 bits per heavy atom. The third-order valence-corrected chi connectivity index (χ3v) is 3.34. The van der Waals surface area contributed by atoms with Gasteiger partial charge in [0.15, 0.2) is 0 Å². The molecule has 2 amide bonds. The molecule has 0 bridgehead atoms. The molecular formula is C13H15ClN2O3. The third-order valence-electron chi connectivity index (χ3n) is 3.01. The predicted octanol–water partition coefficient (Wildman–Crippen LogP) is 0.709. The van der Waals surface area contributed by atoms with Crippen LogP contribution < -0.4 is 10.6 Å². The monoisotopic (exact) mass is 282 g/mol. The summed E-state index contributed by atoms with van der Waals surface area (Å²) in [5, 5.41) is 14.7. The standard InChI is InChI=1S/C13H15ClN2O3/c14-11-4-2-1-3-10(11)13(19)15-7-12(18)16-8-5-9(17)6-8/h1-4,8-9,17H,5-7H2,(H,15,19)(H,16,18). The number of halogens is 1. The number of amides is 2. The van der Waals surface area contributed by atoms with Gasteiger partial charge in [-0.1, -0.05) is 23.7 Å². The fourth-order valence-electron chi connectivity index (χ4n) is 1.89. The minimum Gasteiger partial charge on any atom is -0.393 e. The van der Waals surface area contributed by atoms with Gasteiger partial charge in [-0.2, -0.15) is 0 Å². The summed E-state index contributed by atoms with van der Waals surface area (Å²) >= 11 is 5.88. The molecule has 6 heteroatoms. The Hall–Kier alpha value is -1.59. The van der Waals surface area contributed by atoms with Crippen LogP contribution in [0.5, 0.6) is 0 Å². The Kier molecular flexibility index (Phi) is 4.39. The summed E-state index contributed by atoms with van der Waals surface area (Å²) in [4.78, 5) is 23.3. The van der Waals surface area contributed by atoms with Crippen LogP contribution in [0.1, 0.15) is 23.2 Å². The lowest BCUT2D eigenvalue weighted by Gasteiger charge is -2.31. The second-order valence-corrected chi connectivity index (χ2v) is 4.96. The highest BCUT2D eigenvalue weighted by atomic mass is 35.5. The van der Waals surface area contributed by atoms with Crippen LogP contribution >= 0.6 is 11.6 Å². The molecular weight excluding hydrogens is 268 g/mol. The largest absolute Gasteiger partial charge is 0.393 e. The van der Waals surface area contributed by atoms with Crippen molar-refractivity contribution >= 4 is 23.4 Å². The van der Waals surface area contributed by atoms with Gasteiger partial charge in [-0.3, -0.25) is 9.59 Å². The quantitative estimate of drug-likeness (QED) is 0.761. The zero-order chi connectivity index (χ0) is 13.8. The van der Waals surface area contributed by atoms with Crippen molar-refractivity contribution in [2.24, 2.45) is 0 Å². The van der Waals surface area contributed by atoms with E-state index in [1.165, 1.54) is 0 Å². The molecule has 0 heterocycles. The maximum atomic E-state index is 11.8. The number of aliphatic hydroxyl groups excluding tert-OH is 1. The highest BCUT2D eigenvalue weighted by molar-refractivity contribution is 6.33. The van der Waals surface area contributed by atoms with Crippen molar-refractivity contribution in [1.29, 1.82) is 0 Å². The van der Waals surface area contributed by atoms with E-state index in [9.17, 15) is 9.59 Å². The van der Waals surface area contributed by atoms with Crippen LogP contribution in [0.2, 0.25) is 5.02 Å². The van der Waals surface area contributed by atoms with E-state index >= 15 is 0 Å². The fourth-order valence-corrected chi connectivity index (χ4v) is 2.11. The summed E-state index contributed by atoms with van der Waals surface area (Å²) < 4.78 is 0. The van der Waals surface area contributed by atoms with E-state index in [1.54, 1.807) is 24.3 Å². The molecule has 19 heavy (non-hydrogen) atoms. The third kappa shape index (κ3) is 3.68. The second kappa shape index (κ2) is 6.04. The zero-order valence-corrected chi connectivity index (χ0v) is 11.0. The smallest absolute Gasteiger partial charge is 0.253 e. The summed E-state index contributed by atoms with van der Waals surface area (Å²) in [6.45, 7) is -0.101. The van der Waals surface area contributed by atoms with Crippen molar-refractivity contribution in [2.75, 3.05) is 6.54 Å². The molecule has 0 saturated heterocycles. The second-order valence-electron chi connectivity index (χ2n) is 4.55. The van der Waals surface area contributed by atoms with Crippen molar-refractivity contribution in [3.05, 3.63) is 34.9 Å². The number of benzene rings is 1. The van der Waals surface area contributed by atoms with E-state index in [4.69, 9.17) is 16.7 Å². The Labute approximate surface area is 116 Å². The molecule has 0 spiro atoms. The maximum absolute atomic E-state index is 11.8. The van der Waals surface area contributed by atoms with Crippen LogP contribution in [-0.2, 0) is 4.79 Å². The molecule has 1 saturated carbocycles. The molecule has 1 aromatic carbocycles. The molecule has 0 aromatic heterocycles. The minimum atomic E-state index is -0.380. The molecule has 5 nitrogen and oxygen atoms in total. The van der Waals surface area contributed by atoms with Gasteiger partial charge < -0.3 is 15.7 Å². The number of rotatable bonds is 4. The Balaban J connectivity index is 1.77. The maximum Gasteiger partial charge on any atom is 0.253 e. The van der Waals surface area contributed by atoms with E-state index in [-0.39, 0.29) is 30.5 Å². The average molecular weight is 283 g/mol. The van der Waals surface area contributed by atoms with E-state index in [1.807, 2.05) is 0 Å². The van der Waals surface area contributed by atoms with E-state index in [0.717, 1.165) is 0 Å². The van der Waals surface area contributed by atoms with Crippen molar-refractivity contribution in [3.63, 3.8) is 0 Å². The summed E-state index contributed by atoms with van der Waals surface area (Å²) in [7, 11) is 0. The van der Waals surface area contributed by atoms with Gasteiger partial charge in [0.05, 0.1) is 23.2 Å². The average Bonchev–Trinajstić information content (AvgIpc) is 2.35. The zero-order valence-electron chi connectivity index (χ0n) is 10.2. The minimum absolute atomic E-state index is 0.0136. The summed E-state index contributed by atoms with van der Waals surface area (Å²) in [6, 6.07) is 6.66. The molecule has 0 atom stereocenters. The Morgan fingerprint density at radius 3 is 2.63 bits per heavy atom. The van der Waals surface area contributed by atoms with E-state index in [0.29, 0.717) is 23.4 Å². The molecule has 1 fully saturated rings. The van der Waals surface area contributed by atoms with Crippen LogP contribution in [0, 0.1) is 0 Å². The molecule has 0 unspecified atom stereocenters. The van der Waals surface area contributed by atoms with Crippen LogP contribution in [0.4, 0.5) is 0 Å². The first-order valence-corrected chi connectivity index (χ1v) is 6.44. The van der Waals surface area contributed by atoms with Crippen molar-refractivity contribution in [1.82, 2.24) is 10.6 Å². The lowest BCUT2D eigenvalue weighted by molar-refractivity contribution is -0.122. The van der Waals surface area contributed by atoms with E-state index in [2.05, 4.69) is 10.6 Å². The fraction of sp³-hybridized carbons (Fsp3) is 0.385. The molecule has 1 aliphatic rings. The highest BCUT2D eigenvalue weighted by Gasteiger charge is 2.28. The normalized spacial score (nSPS) is 21.4. The van der Waals surface area contributed by atoms with Crippen LogP contribution in [-0.4, -0.2) is 35.6 Å². The lowest BCUT2D eigenvalue weighted by atomic mass is 9.89. The van der Waals surface area contributed by atoms with Crippen molar-refractivity contribution < 1.29 is 14.7 Å². The van der Waals surface area contributed by atoms with Gasteiger partial charge in [-0.15, -0.1) is 0 Å². The molecule has 1 aromatic rings. The summed E-state index contributed by atoms with van der Waals surface area (Å²) in [6.07, 6.45) is 0.831. The Morgan fingerprint density at radius 1 is 1.32 bits per heavy atom. The van der Waals surface area contributed by atoms with Gasteiger partial charge in [0.1, 0.15) is 0 Å². The number of hydrogen-bond donors (Lipinski definition) is 3. The van der Waals surface area contributed by atoms with Gasteiger partial charge in [-0.05, 0) is 25.0 Å². The summed E-state index contributed by atoms with van der Waals surface area (Å²) in [5.74, 6) is -0.647. The predicted molar refractivity (Wildman–Crippen MR) is 71.0 cm³/mol. The number of aliphatic hydroxyl groups is 1. The lowest BCUT2D eigenvalue weighted by Crippen LogP contribution is -2.49. The number of carbonyl (C=O) groups excluding carboxylic acids is 2. The first-order chi connectivity index (χ1) is 9.06. The van der Waals surface area contributed by atoms with Gasteiger partial charge in [-0.25, -0.2) is 0 Å². The van der Waals surface area contributed by atoms with Crippen LogP contribution in [0.15, 0.2) is 24.3 Å². The number of nitrogens with one attached hydrogen (secondary N) is 2. The van der Waals surface area contributed by atoms with Crippen molar-refractivity contribution in [2.45, 2.75) is 25.0 Å². The molecule has 102 valence electrons. The van der Waals surface area contributed by atoms with Crippen LogP contribution in [0.25, 0.3) is 0 Å². The topological polar surface area (TPSA) is 78.4 Å². The molecule has 3 N–H and O–H groups in total. The van der Waals surface area contributed by atoms with Crippen LogP contribution in [0.3, 0.4) is 0 Å². The number of carbonyl (C=O) groups is 2. The molecule has 0 aliphatic heterocycles. The van der Waals surface area contributed by atoms with Gasteiger partial charge >= 0.3 is 0 Å². The van der Waals surface area contributed by atoms with Crippen molar-refractivity contribution in [3.8, 4) is 0 Å². The van der Waals surface area contributed by atoms with Gasteiger partial charge in [0.2, 0.25) is 5.91 Å². The van der Waals surface area contributed by atoms with E-state index < -0.39 is 0 Å². The molecule has 1 aliphatic carbocycles. The van der Waals surface area contributed by atoms with Gasteiger partial charge in [0, 0.05) is 6.04 Å². The Bertz CT molecular complexity index is 487. The highest BCUT2D eigenvalue weighted by Crippen LogP contribution is 2.19. The van der Waals surface area contributed by atoms with Gasteiger partial charge in [0.25, 0.3) is 5.91 Å². The SMILES string of the molecule is O=C(CNC(=O)c1ccccc1Cl)NC1CC(O)C1. The number of hydrogen-bond acceptors (Lipinski definition) is 3. The summed E-state index contributed by atoms with van der Waals surface area (Å²) in [5.41, 5.74) is 0.344. The molecule has 0 radical (unpaired) electrons.